The van der Waals surface area contributed by atoms with Crippen LogP contribution >= 0.6 is 0 Å². The van der Waals surface area contributed by atoms with Crippen molar-refractivity contribution in [2.24, 2.45) is 5.73 Å². The van der Waals surface area contributed by atoms with Crippen molar-refractivity contribution in [3.8, 4) is 5.75 Å². The second-order valence-corrected chi connectivity index (χ2v) is 4.92. The summed E-state index contributed by atoms with van der Waals surface area (Å²) >= 11 is 0. The van der Waals surface area contributed by atoms with Crippen LogP contribution in [0.2, 0.25) is 0 Å². The van der Waals surface area contributed by atoms with Gasteiger partial charge in [0.2, 0.25) is 0 Å². The van der Waals surface area contributed by atoms with Crippen LogP contribution in [-0.4, -0.2) is 6.61 Å². The first kappa shape index (κ1) is 12.3. The molecule has 3 rings (SSSR count). The Balaban J connectivity index is 1.97. The van der Waals surface area contributed by atoms with E-state index < -0.39 is 0 Å². The van der Waals surface area contributed by atoms with Gasteiger partial charge in [-0.25, -0.2) is 0 Å². The van der Waals surface area contributed by atoms with Gasteiger partial charge in [-0.15, -0.1) is 0 Å². The van der Waals surface area contributed by atoms with E-state index in [4.69, 9.17) is 14.9 Å². The number of hydrogen-bond acceptors (Lipinski definition) is 3. The average molecular weight is 257 g/mol. The fourth-order valence-electron chi connectivity index (χ4n) is 2.56. The lowest BCUT2D eigenvalue weighted by atomic mass is 9.97. The molecule has 0 bridgehead atoms. The van der Waals surface area contributed by atoms with Crippen LogP contribution in [0.1, 0.15) is 42.0 Å². The number of rotatable bonds is 3. The van der Waals surface area contributed by atoms with Gasteiger partial charge < -0.3 is 14.9 Å². The Morgan fingerprint density at radius 3 is 2.95 bits per heavy atom. The molecular weight excluding hydrogens is 238 g/mol. The Kier molecular flexibility index (Phi) is 3.30. The zero-order chi connectivity index (χ0) is 13.2. The SMILES string of the molecule is CCc1ccc(C(N)c2cccc3c2OCCC3)o1. The molecule has 0 saturated carbocycles. The van der Waals surface area contributed by atoms with E-state index in [0.29, 0.717) is 0 Å². The molecule has 0 radical (unpaired) electrons. The number of nitrogens with two attached hydrogens (primary N) is 1. The van der Waals surface area contributed by atoms with Crippen LogP contribution in [0.4, 0.5) is 0 Å². The Bertz CT molecular complexity index is 574. The molecule has 100 valence electrons. The van der Waals surface area contributed by atoms with Crippen molar-refractivity contribution in [2.75, 3.05) is 6.61 Å². The van der Waals surface area contributed by atoms with Crippen LogP contribution in [0.15, 0.2) is 34.7 Å². The molecule has 1 aromatic heterocycles. The Hall–Kier alpha value is -1.74. The Labute approximate surface area is 113 Å². The highest BCUT2D eigenvalue weighted by atomic mass is 16.5. The highest BCUT2D eigenvalue weighted by Crippen LogP contribution is 2.34. The van der Waals surface area contributed by atoms with Crippen LogP contribution in [0.3, 0.4) is 0 Å². The van der Waals surface area contributed by atoms with E-state index in [0.717, 1.165) is 48.7 Å². The van der Waals surface area contributed by atoms with Crippen molar-refractivity contribution in [1.82, 2.24) is 0 Å². The minimum absolute atomic E-state index is 0.256. The van der Waals surface area contributed by atoms with E-state index in [9.17, 15) is 0 Å². The van der Waals surface area contributed by atoms with Gasteiger partial charge in [-0.1, -0.05) is 25.1 Å². The van der Waals surface area contributed by atoms with E-state index in [1.54, 1.807) is 0 Å². The number of ether oxygens (including phenoxy) is 1. The summed E-state index contributed by atoms with van der Waals surface area (Å²) in [5.74, 6) is 2.73. The van der Waals surface area contributed by atoms with E-state index in [2.05, 4.69) is 13.0 Å². The topological polar surface area (TPSA) is 48.4 Å². The lowest BCUT2D eigenvalue weighted by Gasteiger charge is -2.22. The lowest BCUT2D eigenvalue weighted by molar-refractivity contribution is 0.283. The normalized spacial score (nSPS) is 15.7. The molecule has 0 amide bonds. The molecule has 0 saturated heterocycles. The van der Waals surface area contributed by atoms with E-state index in [1.165, 1.54) is 5.56 Å². The molecule has 1 atom stereocenters. The van der Waals surface area contributed by atoms with Gasteiger partial charge in [-0.2, -0.15) is 0 Å². The molecule has 2 heterocycles. The highest BCUT2D eigenvalue weighted by Gasteiger charge is 2.21. The van der Waals surface area contributed by atoms with E-state index in [1.807, 2.05) is 24.3 Å². The first-order valence-corrected chi connectivity index (χ1v) is 6.88. The predicted molar refractivity (Wildman–Crippen MR) is 74.4 cm³/mol. The van der Waals surface area contributed by atoms with Crippen LogP contribution < -0.4 is 10.5 Å². The largest absolute Gasteiger partial charge is 0.493 e. The number of aryl methyl sites for hydroxylation is 2. The fraction of sp³-hybridized carbons (Fsp3) is 0.375. The molecule has 19 heavy (non-hydrogen) atoms. The summed E-state index contributed by atoms with van der Waals surface area (Å²) in [5, 5.41) is 0. The molecule has 0 spiro atoms. The van der Waals surface area contributed by atoms with Crippen LogP contribution in [-0.2, 0) is 12.8 Å². The Morgan fingerprint density at radius 2 is 2.16 bits per heavy atom. The first-order valence-electron chi connectivity index (χ1n) is 6.88. The molecule has 3 nitrogen and oxygen atoms in total. The second kappa shape index (κ2) is 5.10. The monoisotopic (exact) mass is 257 g/mol. The highest BCUT2D eigenvalue weighted by molar-refractivity contribution is 5.46. The quantitative estimate of drug-likeness (QED) is 0.918. The molecule has 3 heteroatoms. The summed E-state index contributed by atoms with van der Waals surface area (Å²) in [6, 6.07) is 9.89. The minimum Gasteiger partial charge on any atom is -0.493 e. The Morgan fingerprint density at radius 1 is 1.26 bits per heavy atom. The maximum Gasteiger partial charge on any atom is 0.127 e. The molecule has 1 aromatic carbocycles. The summed E-state index contributed by atoms with van der Waals surface area (Å²) in [6.07, 6.45) is 3.02. The van der Waals surface area contributed by atoms with Gasteiger partial charge in [0.25, 0.3) is 0 Å². The number of furan rings is 1. The van der Waals surface area contributed by atoms with Gasteiger partial charge in [-0.3, -0.25) is 0 Å². The summed E-state index contributed by atoms with van der Waals surface area (Å²) in [4.78, 5) is 0. The third kappa shape index (κ3) is 2.26. The van der Waals surface area contributed by atoms with Crippen molar-refractivity contribution in [3.05, 3.63) is 53.0 Å². The third-order valence-corrected chi connectivity index (χ3v) is 3.64. The number of benzene rings is 1. The molecule has 0 aliphatic carbocycles. The number of hydrogen-bond donors (Lipinski definition) is 1. The zero-order valence-electron chi connectivity index (χ0n) is 11.2. The molecule has 2 N–H and O–H groups in total. The predicted octanol–water partition coefficient (Wildman–Crippen LogP) is 3.22. The summed E-state index contributed by atoms with van der Waals surface area (Å²) in [7, 11) is 0. The van der Waals surface area contributed by atoms with Gasteiger partial charge in [0, 0.05) is 12.0 Å². The van der Waals surface area contributed by atoms with Crippen molar-refractivity contribution in [2.45, 2.75) is 32.2 Å². The number of para-hydroxylation sites is 1. The van der Waals surface area contributed by atoms with Crippen LogP contribution in [0.25, 0.3) is 0 Å². The summed E-state index contributed by atoms with van der Waals surface area (Å²) in [6.45, 7) is 2.84. The van der Waals surface area contributed by atoms with Gasteiger partial charge >= 0.3 is 0 Å². The first-order chi connectivity index (χ1) is 9.29. The van der Waals surface area contributed by atoms with Crippen molar-refractivity contribution in [3.63, 3.8) is 0 Å². The summed E-state index contributed by atoms with van der Waals surface area (Å²) in [5.41, 5.74) is 8.61. The fourth-order valence-corrected chi connectivity index (χ4v) is 2.56. The lowest BCUT2D eigenvalue weighted by Crippen LogP contribution is -2.16. The minimum atomic E-state index is -0.256. The van der Waals surface area contributed by atoms with E-state index >= 15 is 0 Å². The van der Waals surface area contributed by atoms with Gasteiger partial charge in [0.1, 0.15) is 17.3 Å². The molecular formula is C16H19NO2. The average Bonchev–Trinajstić information content (AvgIpc) is 2.95. The molecule has 1 unspecified atom stereocenters. The van der Waals surface area contributed by atoms with Crippen LogP contribution in [0.5, 0.6) is 5.75 Å². The van der Waals surface area contributed by atoms with Gasteiger partial charge in [0.15, 0.2) is 0 Å². The van der Waals surface area contributed by atoms with Crippen molar-refractivity contribution >= 4 is 0 Å². The maximum absolute atomic E-state index is 6.33. The number of fused-ring (bicyclic) bond motifs is 1. The third-order valence-electron chi connectivity index (χ3n) is 3.64. The van der Waals surface area contributed by atoms with Crippen molar-refractivity contribution < 1.29 is 9.15 Å². The van der Waals surface area contributed by atoms with Gasteiger partial charge in [-0.05, 0) is 30.5 Å². The smallest absolute Gasteiger partial charge is 0.127 e. The van der Waals surface area contributed by atoms with Crippen molar-refractivity contribution in [1.29, 1.82) is 0 Å². The zero-order valence-corrected chi connectivity index (χ0v) is 11.2. The van der Waals surface area contributed by atoms with Crippen LogP contribution in [0, 0.1) is 0 Å². The maximum atomic E-state index is 6.33. The molecule has 2 aromatic rings. The molecule has 1 aliphatic rings. The standard InChI is InChI=1S/C16H19NO2/c1-2-12-8-9-14(19-12)15(17)13-7-3-5-11-6-4-10-18-16(11)13/h3,5,7-9,15H,2,4,6,10,17H2,1H3. The molecule has 0 fully saturated rings. The second-order valence-electron chi connectivity index (χ2n) is 4.92. The summed E-state index contributed by atoms with van der Waals surface area (Å²) < 4.78 is 11.6. The molecule has 1 aliphatic heterocycles. The van der Waals surface area contributed by atoms with E-state index in [-0.39, 0.29) is 6.04 Å². The van der Waals surface area contributed by atoms with Gasteiger partial charge in [0.05, 0.1) is 12.6 Å².